The third-order valence-electron chi connectivity index (χ3n) is 4.96. The third kappa shape index (κ3) is 4.52. The number of rotatable bonds is 6. The molecule has 1 amide bonds. The lowest BCUT2D eigenvalue weighted by atomic mass is 9.99. The Morgan fingerprint density at radius 1 is 1.12 bits per heavy atom. The standard InChI is InChI=1S/C22H26N2O2/c1-23(16-20-10-6-7-11-21(20)26-2)22(25)17-24-14-12-19(13-15-24)18-8-4-3-5-9-18/h3-12H,13-17H2,1-2H3/p+1. The molecule has 1 aliphatic rings. The summed E-state index contributed by atoms with van der Waals surface area (Å²) < 4.78 is 5.38. The van der Waals surface area contributed by atoms with Crippen LogP contribution in [-0.4, -0.2) is 44.6 Å². The minimum Gasteiger partial charge on any atom is -0.496 e. The zero-order chi connectivity index (χ0) is 18.4. The van der Waals surface area contributed by atoms with Gasteiger partial charge in [0.2, 0.25) is 0 Å². The Labute approximate surface area is 155 Å². The lowest BCUT2D eigenvalue weighted by molar-refractivity contribution is -0.887. The van der Waals surface area contributed by atoms with Gasteiger partial charge in [0.15, 0.2) is 6.54 Å². The quantitative estimate of drug-likeness (QED) is 0.864. The Morgan fingerprint density at radius 2 is 1.85 bits per heavy atom. The number of hydrogen-bond acceptors (Lipinski definition) is 2. The van der Waals surface area contributed by atoms with Gasteiger partial charge < -0.3 is 14.5 Å². The van der Waals surface area contributed by atoms with Gasteiger partial charge in [-0.15, -0.1) is 0 Å². The maximum absolute atomic E-state index is 12.6. The number of benzene rings is 2. The molecule has 4 nitrogen and oxygen atoms in total. The van der Waals surface area contributed by atoms with Crippen LogP contribution >= 0.6 is 0 Å². The SMILES string of the molecule is COc1ccccc1CN(C)C(=O)C[NH+]1CC=C(c2ccccc2)CC1. The summed E-state index contributed by atoms with van der Waals surface area (Å²) in [6, 6.07) is 18.4. The Balaban J connectivity index is 1.54. The number of para-hydroxylation sites is 1. The molecule has 1 aliphatic heterocycles. The summed E-state index contributed by atoms with van der Waals surface area (Å²) in [5.41, 5.74) is 3.72. The molecule has 0 bridgehead atoms. The maximum atomic E-state index is 12.6. The molecule has 0 radical (unpaired) electrons. The summed E-state index contributed by atoms with van der Waals surface area (Å²) in [6.45, 7) is 3.00. The normalized spacial score (nSPS) is 16.7. The first-order valence-corrected chi connectivity index (χ1v) is 9.11. The molecule has 3 rings (SSSR count). The predicted octanol–water partition coefficient (Wildman–Crippen LogP) is 2.03. The number of likely N-dealkylation sites (N-methyl/N-ethyl adjacent to an activating group) is 1. The lowest BCUT2D eigenvalue weighted by Crippen LogP contribution is -3.13. The minimum atomic E-state index is 0.169. The molecule has 1 unspecified atom stereocenters. The summed E-state index contributed by atoms with van der Waals surface area (Å²) in [5.74, 6) is 0.996. The molecule has 1 N–H and O–H groups in total. The number of quaternary nitrogens is 1. The zero-order valence-electron chi connectivity index (χ0n) is 15.6. The minimum absolute atomic E-state index is 0.169. The molecular weight excluding hydrogens is 324 g/mol. The number of amides is 1. The molecule has 1 heterocycles. The van der Waals surface area contributed by atoms with Crippen molar-refractivity contribution in [3.63, 3.8) is 0 Å². The van der Waals surface area contributed by atoms with Crippen LogP contribution in [0.5, 0.6) is 5.75 Å². The van der Waals surface area contributed by atoms with Gasteiger partial charge in [-0.2, -0.15) is 0 Å². The van der Waals surface area contributed by atoms with Gasteiger partial charge in [0.1, 0.15) is 5.75 Å². The van der Waals surface area contributed by atoms with Gasteiger partial charge in [-0.25, -0.2) is 0 Å². The van der Waals surface area contributed by atoms with E-state index in [1.54, 1.807) is 12.0 Å². The molecular formula is C22H27N2O2+. The van der Waals surface area contributed by atoms with Gasteiger partial charge in [-0.05, 0) is 23.3 Å². The van der Waals surface area contributed by atoms with Crippen molar-refractivity contribution in [3.05, 3.63) is 71.8 Å². The van der Waals surface area contributed by atoms with Crippen molar-refractivity contribution < 1.29 is 14.4 Å². The molecule has 0 aliphatic carbocycles. The number of ether oxygens (including phenoxy) is 1. The average Bonchev–Trinajstić information content (AvgIpc) is 2.69. The first kappa shape index (κ1) is 18.2. The molecule has 26 heavy (non-hydrogen) atoms. The van der Waals surface area contributed by atoms with Crippen LogP contribution in [0, 0.1) is 0 Å². The topological polar surface area (TPSA) is 34.0 Å². The summed E-state index contributed by atoms with van der Waals surface area (Å²) in [5, 5.41) is 0. The summed E-state index contributed by atoms with van der Waals surface area (Å²) in [6.07, 6.45) is 3.30. The van der Waals surface area contributed by atoms with Crippen LogP contribution < -0.4 is 9.64 Å². The second-order valence-corrected chi connectivity index (χ2v) is 6.79. The molecule has 2 aromatic carbocycles. The van der Waals surface area contributed by atoms with Crippen molar-refractivity contribution in [3.8, 4) is 5.75 Å². The van der Waals surface area contributed by atoms with E-state index in [0.29, 0.717) is 13.1 Å². The van der Waals surface area contributed by atoms with E-state index in [-0.39, 0.29) is 5.91 Å². The van der Waals surface area contributed by atoms with Crippen LogP contribution in [0.1, 0.15) is 17.5 Å². The van der Waals surface area contributed by atoms with Crippen LogP contribution in [0.4, 0.5) is 0 Å². The van der Waals surface area contributed by atoms with E-state index in [9.17, 15) is 4.79 Å². The van der Waals surface area contributed by atoms with Gasteiger partial charge in [-0.3, -0.25) is 4.79 Å². The van der Waals surface area contributed by atoms with Crippen LogP contribution in [0.25, 0.3) is 5.57 Å². The number of nitrogens with zero attached hydrogens (tertiary/aromatic N) is 1. The monoisotopic (exact) mass is 351 g/mol. The molecule has 0 saturated carbocycles. The van der Waals surface area contributed by atoms with Gasteiger partial charge >= 0.3 is 0 Å². The van der Waals surface area contributed by atoms with Gasteiger partial charge in [0, 0.05) is 25.6 Å². The molecule has 0 spiro atoms. The van der Waals surface area contributed by atoms with Gasteiger partial charge in [0.05, 0.1) is 20.2 Å². The highest BCUT2D eigenvalue weighted by Crippen LogP contribution is 2.19. The van der Waals surface area contributed by atoms with Crippen molar-refractivity contribution in [1.29, 1.82) is 0 Å². The summed E-state index contributed by atoms with van der Waals surface area (Å²) >= 11 is 0. The second-order valence-electron chi connectivity index (χ2n) is 6.79. The first-order chi connectivity index (χ1) is 12.7. The Bertz CT molecular complexity index is 771. The van der Waals surface area contributed by atoms with Gasteiger partial charge in [-0.1, -0.05) is 48.5 Å². The van der Waals surface area contributed by atoms with Crippen molar-refractivity contribution in [2.24, 2.45) is 0 Å². The fourth-order valence-electron chi connectivity index (χ4n) is 3.38. The number of carbonyl (C=O) groups excluding carboxylic acids is 1. The Hall–Kier alpha value is -2.59. The van der Waals surface area contributed by atoms with E-state index in [1.165, 1.54) is 16.0 Å². The fourth-order valence-corrected chi connectivity index (χ4v) is 3.38. The number of methoxy groups -OCH3 is 1. The number of hydrogen-bond donors (Lipinski definition) is 1. The van der Waals surface area contributed by atoms with Crippen molar-refractivity contribution in [2.75, 3.05) is 33.8 Å². The van der Waals surface area contributed by atoms with E-state index in [0.717, 1.165) is 30.8 Å². The highest BCUT2D eigenvalue weighted by Gasteiger charge is 2.21. The molecule has 2 aromatic rings. The molecule has 0 saturated heterocycles. The number of carbonyl (C=O) groups is 1. The second kappa shape index (κ2) is 8.68. The zero-order valence-corrected chi connectivity index (χ0v) is 15.6. The molecule has 0 aromatic heterocycles. The largest absolute Gasteiger partial charge is 0.496 e. The maximum Gasteiger partial charge on any atom is 0.277 e. The van der Waals surface area contributed by atoms with E-state index in [2.05, 4.69) is 30.3 Å². The van der Waals surface area contributed by atoms with Crippen LogP contribution in [0.3, 0.4) is 0 Å². The van der Waals surface area contributed by atoms with Crippen molar-refractivity contribution >= 4 is 11.5 Å². The van der Waals surface area contributed by atoms with Crippen LogP contribution in [0.15, 0.2) is 60.7 Å². The fraction of sp³-hybridized carbons (Fsp3) is 0.318. The molecule has 136 valence electrons. The van der Waals surface area contributed by atoms with Crippen LogP contribution in [-0.2, 0) is 11.3 Å². The van der Waals surface area contributed by atoms with Gasteiger partial charge in [0.25, 0.3) is 5.91 Å². The summed E-state index contributed by atoms with van der Waals surface area (Å²) in [7, 11) is 3.53. The smallest absolute Gasteiger partial charge is 0.277 e. The average molecular weight is 351 g/mol. The molecule has 4 heteroatoms. The number of nitrogens with one attached hydrogen (secondary N) is 1. The predicted molar refractivity (Wildman–Crippen MR) is 104 cm³/mol. The van der Waals surface area contributed by atoms with E-state index >= 15 is 0 Å². The van der Waals surface area contributed by atoms with Crippen molar-refractivity contribution in [1.82, 2.24) is 4.90 Å². The Kier molecular flexibility index (Phi) is 6.08. The Morgan fingerprint density at radius 3 is 2.54 bits per heavy atom. The van der Waals surface area contributed by atoms with Crippen molar-refractivity contribution in [2.45, 2.75) is 13.0 Å². The highest BCUT2D eigenvalue weighted by atomic mass is 16.5. The highest BCUT2D eigenvalue weighted by molar-refractivity contribution is 5.77. The summed E-state index contributed by atoms with van der Waals surface area (Å²) in [4.78, 5) is 15.7. The molecule has 1 atom stereocenters. The lowest BCUT2D eigenvalue weighted by Gasteiger charge is -2.26. The van der Waals surface area contributed by atoms with E-state index < -0.39 is 0 Å². The third-order valence-corrected chi connectivity index (χ3v) is 4.96. The molecule has 0 fully saturated rings. The van der Waals surface area contributed by atoms with E-state index in [4.69, 9.17) is 4.74 Å². The van der Waals surface area contributed by atoms with E-state index in [1.807, 2.05) is 37.4 Å². The van der Waals surface area contributed by atoms with Crippen LogP contribution in [0.2, 0.25) is 0 Å². The first-order valence-electron chi connectivity index (χ1n) is 9.11.